The number of hydrogen-bond acceptors (Lipinski definition) is 3. The zero-order valence-electron chi connectivity index (χ0n) is 12.3. The Morgan fingerprint density at radius 3 is 2.55 bits per heavy atom. The van der Waals surface area contributed by atoms with Crippen LogP contribution in [-0.2, 0) is 4.79 Å². The molecule has 3 rings (SSSR count). The lowest BCUT2D eigenvalue weighted by Gasteiger charge is -2.22. The maximum atomic E-state index is 12.1. The molecule has 2 aliphatic rings. The summed E-state index contributed by atoms with van der Waals surface area (Å²) in [6, 6.07) is 7.22. The fourth-order valence-electron chi connectivity index (χ4n) is 2.75. The van der Waals surface area contributed by atoms with Crippen molar-refractivity contribution in [3.63, 3.8) is 0 Å². The molecule has 2 saturated heterocycles. The zero-order chi connectivity index (χ0) is 14.7. The predicted molar refractivity (Wildman–Crippen MR) is 88.7 cm³/mol. The van der Waals surface area contributed by atoms with Gasteiger partial charge in [-0.2, -0.15) is 0 Å². The summed E-state index contributed by atoms with van der Waals surface area (Å²) in [5, 5.41) is 8.91. The molecule has 1 aromatic rings. The number of benzene rings is 1. The van der Waals surface area contributed by atoms with Gasteiger partial charge >= 0.3 is 6.03 Å². The minimum absolute atomic E-state index is 0. The quantitative estimate of drug-likeness (QED) is 0.792. The van der Waals surface area contributed by atoms with E-state index in [1.54, 1.807) is 4.90 Å². The van der Waals surface area contributed by atoms with Gasteiger partial charge in [0.2, 0.25) is 5.91 Å². The number of nitrogens with one attached hydrogen (secondary N) is 3. The van der Waals surface area contributed by atoms with Gasteiger partial charge in [0, 0.05) is 24.5 Å². The third kappa shape index (κ3) is 3.69. The number of carbonyl (C=O) groups is 2. The topological polar surface area (TPSA) is 73.5 Å². The van der Waals surface area contributed by atoms with Crippen LogP contribution in [0.5, 0.6) is 0 Å². The minimum Gasteiger partial charge on any atom is -0.336 e. The molecule has 7 heteroatoms. The first-order valence-electron chi connectivity index (χ1n) is 7.44. The Kier molecular flexibility index (Phi) is 5.63. The SMILES string of the molecule is Cl.O=C(Nc1ccc(N2CCNC2=O)cc1)[C@@H]1CCCCN1. The lowest BCUT2D eigenvalue weighted by molar-refractivity contribution is -0.118. The van der Waals surface area contributed by atoms with Crippen LogP contribution in [0.2, 0.25) is 0 Å². The monoisotopic (exact) mass is 324 g/mol. The summed E-state index contributed by atoms with van der Waals surface area (Å²) < 4.78 is 0. The van der Waals surface area contributed by atoms with Gasteiger partial charge in [0.25, 0.3) is 0 Å². The second-order valence-corrected chi connectivity index (χ2v) is 5.42. The molecule has 1 aromatic carbocycles. The highest BCUT2D eigenvalue weighted by Crippen LogP contribution is 2.20. The molecule has 3 N–H and O–H groups in total. The number of halogens is 1. The molecule has 2 heterocycles. The number of hydrogen-bond donors (Lipinski definition) is 3. The number of rotatable bonds is 3. The first kappa shape index (κ1) is 16.6. The van der Waals surface area contributed by atoms with E-state index in [2.05, 4.69) is 16.0 Å². The molecule has 0 radical (unpaired) electrons. The van der Waals surface area contributed by atoms with Crippen molar-refractivity contribution in [2.24, 2.45) is 0 Å². The summed E-state index contributed by atoms with van der Waals surface area (Å²) in [6.45, 7) is 2.25. The van der Waals surface area contributed by atoms with Gasteiger partial charge in [0.1, 0.15) is 0 Å². The Bertz CT molecular complexity index is 529. The average molecular weight is 325 g/mol. The Labute approximate surface area is 136 Å². The van der Waals surface area contributed by atoms with E-state index in [0.29, 0.717) is 13.1 Å². The second kappa shape index (κ2) is 7.47. The zero-order valence-corrected chi connectivity index (χ0v) is 13.1. The van der Waals surface area contributed by atoms with Crippen LogP contribution in [-0.4, -0.2) is 37.6 Å². The van der Waals surface area contributed by atoms with Crippen molar-refractivity contribution in [1.82, 2.24) is 10.6 Å². The fraction of sp³-hybridized carbons (Fsp3) is 0.467. The van der Waals surface area contributed by atoms with E-state index in [1.807, 2.05) is 24.3 Å². The molecule has 0 aliphatic carbocycles. The molecule has 3 amide bonds. The molecular weight excluding hydrogens is 304 g/mol. The molecule has 0 unspecified atom stereocenters. The van der Waals surface area contributed by atoms with Crippen molar-refractivity contribution in [3.8, 4) is 0 Å². The maximum absolute atomic E-state index is 12.1. The first-order chi connectivity index (χ1) is 10.2. The molecule has 0 spiro atoms. The van der Waals surface area contributed by atoms with Crippen molar-refractivity contribution >= 4 is 35.7 Å². The Morgan fingerprint density at radius 2 is 1.95 bits per heavy atom. The number of anilines is 2. The number of nitrogens with zero attached hydrogens (tertiary/aromatic N) is 1. The summed E-state index contributed by atoms with van der Waals surface area (Å²) in [6.07, 6.45) is 3.11. The number of urea groups is 1. The van der Waals surface area contributed by atoms with E-state index >= 15 is 0 Å². The van der Waals surface area contributed by atoms with E-state index in [4.69, 9.17) is 0 Å². The Balaban J connectivity index is 0.00000176. The summed E-state index contributed by atoms with van der Waals surface area (Å²) in [7, 11) is 0. The summed E-state index contributed by atoms with van der Waals surface area (Å²) in [5.74, 6) is 0.0152. The standard InChI is InChI=1S/C15H20N4O2.ClH/c20-14(13-3-1-2-8-16-13)18-11-4-6-12(7-5-11)19-10-9-17-15(19)21;/h4-7,13,16H,1-3,8-10H2,(H,17,21)(H,18,20);1H/t13-;/m0./s1. The third-order valence-corrected chi connectivity index (χ3v) is 3.93. The van der Waals surface area contributed by atoms with Gasteiger partial charge in [0.05, 0.1) is 6.04 Å². The lowest BCUT2D eigenvalue weighted by atomic mass is 10.0. The van der Waals surface area contributed by atoms with Crippen molar-refractivity contribution in [2.75, 3.05) is 29.9 Å². The van der Waals surface area contributed by atoms with Crippen LogP contribution in [0, 0.1) is 0 Å². The van der Waals surface area contributed by atoms with Crippen LogP contribution < -0.4 is 20.9 Å². The van der Waals surface area contributed by atoms with Crippen LogP contribution in [0.25, 0.3) is 0 Å². The lowest BCUT2D eigenvalue weighted by Crippen LogP contribution is -2.43. The number of amides is 3. The molecule has 22 heavy (non-hydrogen) atoms. The van der Waals surface area contributed by atoms with Crippen LogP contribution in [0.15, 0.2) is 24.3 Å². The molecule has 1 atom stereocenters. The molecule has 2 aliphatic heterocycles. The van der Waals surface area contributed by atoms with Gasteiger partial charge in [-0.3, -0.25) is 9.69 Å². The number of piperidine rings is 1. The van der Waals surface area contributed by atoms with E-state index in [1.165, 1.54) is 0 Å². The second-order valence-electron chi connectivity index (χ2n) is 5.42. The first-order valence-corrected chi connectivity index (χ1v) is 7.44. The van der Waals surface area contributed by atoms with Crippen molar-refractivity contribution in [3.05, 3.63) is 24.3 Å². The van der Waals surface area contributed by atoms with Gasteiger partial charge in [0.15, 0.2) is 0 Å². The average Bonchev–Trinajstić information content (AvgIpc) is 2.95. The molecule has 0 aromatic heterocycles. The molecule has 0 bridgehead atoms. The highest BCUT2D eigenvalue weighted by atomic mass is 35.5. The Hall–Kier alpha value is -1.79. The largest absolute Gasteiger partial charge is 0.336 e. The minimum atomic E-state index is -0.0946. The normalized spacial score (nSPS) is 21.0. The predicted octanol–water partition coefficient (Wildman–Crippen LogP) is 1.72. The molecule has 0 saturated carbocycles. The van der Waals surface area contributed by atoms with Gasteiger partial charge in [-0.1, -0.05) is 6.42 Å². The van der Waals surface area contributed by atoms with Gasteiger partial charge in [-0.05, 0) is 43.7 Å². The number of carbonyl (C=O) groups excluding carboxylic acids is 2. The molecule has 2 fully saturated rings. The van der Waals surface area contributed by atoms with Gasteiger partial charge in [-0.15, -0.1) is 12.4 Å². The summed E-state index contributed by atoms with van der Waals surface area (Å²) >= 11 is 0. The van der Waals surface area contributed by atoms with Gasteiger partial charge in [-0.25, -0.2) is 4.79 Å². The smallest absolute Gasteiger partial charge is 0.321 e. The van der Waals surface area contributed by atoms with Crippen LogP contribution >= 0.6 is 12.4 Å². The summed E-state index contributed by atoms with van der Waals surface area (Å²) in [4.78, 5) is 25.4. The molecule has 120 valence electrons. The molecular formula is C15H21ClN4O2. The van der Waals surface area contributed by atoms with Crippen molar-refractivity contribution in [2.45, 2.75) is 25.3 Å². The maximum Gasteiger partial charge on any atom is 0.321 e. The van der Waals surface area contributed by atoms with Gasteiger partial charge < -0.3 is 16.0 Å². The summed E-state index contributed by atoms with van der Waals surface area (Å²) in [5.41, 5.74) is 1.61. The van der Waals surface area contributed by atoms with E-state index in [9.17, 15) is 9.59 Å². The van der Waals surface area contributed by atoms with E-state index in [0.717, 1.165) is 37.2 Å². The van der Waals surface area contributed by atoms with E-state index < -0.39 is 0 Å². The third-order valence-electron chi connectivity index (χ3n) is 3.93. The van der Waals surface area contributed by atoms with Crippen LogP contribution in [0.1, 0.15) is 19.3 Å². The Morgan fingerprint density at radius 1 is 1.18 bits per heavy atom. The highest BCUT2D eigenvalue weighted by Gasteiger charge is 2.22. The highest BCUT2D eigenvalue weighted by molar-refractivity contribution is 5.96. The van der Waals surface area contributed by atoms with Crippen molar-refractivity contribution < 1.29 is 9.59 Å². The van der Waals surface area contributed by atoms with Crippen LogP contribution in [0.3, 0.4) is 0 Å². The van der Waals surface area contributed by atoms with Crippen LogP contribution in [0.4, 0.5) is 16.2 Å². The fourth-order valence-corrected chi connectivity index (χ4v) is 2.75. The van der Waals surface area contributed by atoms with E-state index in [-0.39, 0.29) is 30.4 Å². The van der Waals surface area contributed by atoms with Crippen molar-refractivity contribution in [1.29, 1.82) is 0 Å². The molecule has 6 nitrogen and oxygen atoms in total.